The molecule has 0 saturated carbocycles. The fourth-order valence-electron chi connectivity index (χ4n) is 1.58. The van der Waals surface area contributed by atoms with Gasteiger partial charge in [-0.05, 0) is 31.0 Å². The molecule has 1 unspecified atom stereocenters. The van der Waals surface area contributed by atoms with Crippen LogP contribution in [0, 0.1) is 0 Å². The quantitative estimate of drug-likeness (QED) is 0.790. The molecule has 0 heterocycles. The number of alkyl halides is 3. The molecule has 0 bridgehead atoms. The van der Waals surface area contributed by atoms with E-state index < -0.39 is 30.0 Å². The lowest BCUT2D eigenvalue weighted by Gasteiger charge is -2.20. The lowest BCUT2D eigenvalue weighted by atomic mass is 10.0. The maximum atomic E-state index is 12.4. The molecular weight excluding hydrogens is 263 g/mol. The van der Waals surface area contributed by atoms with Crippen molar-refractivity contribution in [3.05, 3.63) is 35.4 Å². The van der Waals surface area contributed by atoms with Gasteiger partial charge in [0.05, 0.1) is 17.7 Å². The zero-order valence-electron chi connectivity index (χ0n) is 10.1. The van der Waals surface area contributed by atoms with Crippen LogP contribution in [-0.4, -0.2) is 28.5 Å². The van der Waals surface area contributed by atoms with Crippen molar-refractivity contribution in [2.24, 2.45) is 0 Å². The van der Waals surface area contributed by atoms with Crippen molar-refractivity contribution in [2.45, 2.75) is 31.7 Å². The van der Waals surface area contributed by atoms with E-state index in [2.05, 4.69) is 5.32 Å². The summed E-state index contributed by atoms with van der Waals surface area (Å²) in [5, 5.41) is 20.1. The summed E-state index contributed by atoms with van der Waals surface area (Å²) in [6.45, 7) is 1.41. The van der Waals surface area contributed by atoms with Gasteiger partial charge in [-0.25, -0.2) is 4.79 Å². The predicted octanol–water partition coefficient (Wildman–Crippen LogP) is 2.26. The molecule has 106 valence electrons. The van der Waals surface area contributed by atoms with Crippen LogP contribution in [0.3, 0.4) is 0 Å². The van der Waals surface area contributed by atoms with Gasteiger partial charge in [0.2, 0.25) is 0 Å². The first-order chi connectivity index (χ1) is 8.70. The Kier molecular flexibility index (Phi) is 4.77. The first-order valence-electron chi connectivity index (χ1n) is 5.54. The average molecular weight is 277 g/mol. The van der Waals surface area contributed by atoms with E-state index in [1.807, 2.05) is 0 Å². The molecule has 0 saturated heterocycles. The number of carbonyl (C=O) groups is 1. The highest BCUT2D eigenvalue weighted by molar-refractivity contribution is 5.65. The van der Waals surface area contributed by atoms with Gasteiger partial charge in [-0.2, -0.15) is 13.2 Å². The van der Waals surface area contributed by atoms with Crippen molar-refractivity contribution in [3.8, 4) is 0 Å². The van der Waals surface area contributed by atoms with Crippen LogP contribution in [0.2, 0.25) is 0 Å². The molecule has 1 rings (SSSR count). The Hall–Kier alpha value is -1.76. The Balaban J connectivity index is 2.78. The smallest absolute Gasteiger partial charge is 0.416 e. The standard InChI is InChI=1S/C12H14F3NO3/c1-7(17)10(16-11(18)19)6-8-2-4-9(5-3-8)12(13,14)15/h2-5,7,10,16-17H,6H2,1H3,(H,18,19)/t7-,10?/m0/s1. The highest BCUT2D eigenvalue weighted by Gasteiger charge is 2.30. The first-order valence-corrected chi connectivity index (χ1v) is 5.54. The summed E-state index contributed by atoms with van der Waals surface area (Å²) >= 11 is 0. The van der Waals surface area contributed by atoms with Crippen molar-refractivity contribution in [1.29, 1.82) is 0 Å². The second kappa shape index (κ2) is 5.92. The molecule has 3 N–H and O–H groups in total. The van der Waals surface area contributed by atoms with Gasteiger partial charge in [-0.3, -0.25) is 0 Å². The second-order valence-corrected chi connectivity index (χ2v) is 4.20. The minimum atomic E-state index is -4.40. The van der Waals surface area contributed by atoms with Crippen molar-refractivity contribution in [1.82, 2.24) is 5.32 Å². The Bertz CT molecular complexity index is 429. The largest absolute Gasteiger partial charge is 0.465 e. The van der Waals surface area contributed by atoms with Gasteiger partial charge >= 0.3 is 12.3 Å². The Morgan fingerprint density at radius 2 is 1.84 bits per heavy atom. The van der Waals surface area contributed by atoms with Crippen LogP contribution < -0.4 is 5.32 Å². The van der Waals surface area contributed by atoms with Gasteiger partial charge in [0.1, 0.15) is 0 Å². The number of halogens is 3. The fraction of sp³-hybridized carbons (Fsp3) is 0.417. The Morgan fingerprint density at radius 3 is 2.21 bits per heavy atom. The summed E-state index contributed by atoms with van der Waals surface area (Å²) in [5.74, 6) is 0. The van der Waals surface area contributed by atoms with Gasteiger partial charge in [-0.1, -0.05) is 12.1 Å². The molecule has 1 aromatic rings. The number of rotatable bonds is 4. The van der Waals surface area contributed by atoms with Crippen LogP contribution in [-0.2, 0) is 12.6 Å². The van der Waals surface area contributed by atoms with E-state index in [0.717, 1.165) is 12.1 Å². The second-order valence-electron chi connectivity index (χ2n) is 4.20. The number of hydrogen-bond acceptors (Lipinski definition) is 2. The molecule has 0 aliphatic carbocycles. The SMILES string of the molecule is C[C@H](O)C(Cc1ccc(C(F)(F)F)cc1)NC(=O)O. The lowest BCUT2D eigenvalue weighted by molar-refractivity contribution is -0.137. The maximum Gasteiger partial charge on any atom is 0.416 e. The van der Waals surface area contributed by atoms with Crippen LogP contribution in [0.25, 0.3) is 0 Å². The lowest BCUT2D eigenvalue weighted by Crippen LogP contribution is -2.42. The molecule has 19 heavy (non-hydrogen) atoms. The number of amides is 1. The minimum Gasteiger partial charge on any atom is -0.465 e. The number of benzene rings is 1. The Labute approximate surface area is 107 Å². The van der Waals surface area contributed by atoms with Crippen molar-refractivity contribution < 1.29 is 28.2 Å². The molecule has 0 spiro atoms. The van der Waals surface area contributed by atoms with Crippen LogP contribution in [0.1, 0.15) is 18.1 Å². The van der Waals surface area contributed by atoms with Gasteiger partial charge in [-0.15, -0.1) is 0 Å². The molecule has 0 fully saturated rings. The fourth-order valence-corrected chi connectivity index (χ4v) is 1.58. The predicted molar refractivity (Wildman–Crippen MR) is 61.8 cm³/mol. The van der Waals surface area contributed by atoms with Crippen LogP contribution >= 0.6 is 0 Å². The summed E-state index contributed by atoms with van der Waals surface area (Å²) in [6.07, 6.45) is -6.53. The van der Waals surface area contributed by atoms with E-state index in [-0.39, 0.29) is 6.42 Å². The monoisotopic (exact) mass is 277 g/mol. The third-order valence-electron chi connectivity index (χ3n) is 2.63. The summed E-state index contributed by atoms with van der Waals surface area (Å²) in [7, 11) is 0. The van der Waals surface area contributed by atoms with E-state index in [4.69, 9.17) is 5.11 Å². The molecule has 4 nitrogen and oxygen atoms in total. The van der Waals surface area contributed by atoms with E-state index in [0.29, 0.717) is 5.56 Å². The maximum absolute atomic E-state index is 12.4. The molecule has 0 aromatic heterocycles. The topological polar surface area (TPSA) is 69.6 Å². The summed E-state index contributed by atoms with van der Waals surface area (Å²) < 4.78 is 37.1. The molecule has 2 atom stereocenters. The van der Waals surface area contributed by atoms with E-state index in [1.165, 1.54) is 19.1 Å². The minimum absolute atomic E-state index is 0.113. The third-order valence-corrected chi connectivity index (χ3v) is 2.63. The molecule has 1 aromatic carbocycles. The number of hydrogen-bond donors (Lipinski definition) is 3. The zero-order valence-corrected chi connectivity index (χ0v) is 10.1. The number of nitrogens with one attached hydrogen (secondary N) is 1. The number of aliphatic hydroxyl groups excluding tert-OH is 1. The first kappa shape index (κ1) is 15.3. The van der Waals surface area contributed by atoms with Crippen LogP contribution in [0.5, 0.6) is 0 Å². The van der Waals surface area contributed by atoms with Crippen LogP contribution in [0.15, 0.2) is 24.3 Å². The zero-order chi connectivity index (χ0) is 14.6. The summed E-state index contributed by atoms with van der Waals surface area (Å²) in [4.78, 5) is 10.5. The van der Waals surface area contributed by atoms with Crippen molar-refractivity contribution >= 4 is 6.09 Å². The van der Waals surface area contributed by atoms with E-state index in [1.54, 1.807) is 0 Å². The molecule has 7 heteroatoms. The van der Waals surface area contributed by atoms with Gasteiger partial charge < -0.3 is 15.5 Å². The summed E-state index contributed by atoms with van der Waals surface area (Å²) in [6, 6.07) is 3.61. The van der Waals surface area contributed by atoms with E-state index in [9.17, 15) is 23.1 Å². The molecule has 0 radical (unpaired) electrons. The average Bonchev–Trinajstić information content (AvgIpc) is 2.27. The molecular formula is C12H14F3NO3. The van der Waals surface area contributed by atoms with Gasteiger partial charge in [0.25, 0.3) is 0 Å². The van der Waals surface area contributed by atoms with E-state index >= 15 is 0 Å². The van der Waals surface area contributed by atoms with Gasteiger partial charge in [0.15, 0.2) is 0 Å². The van der Waals surface area contributed by atoms with Crippen molar-refractivity contribution in [2.75, 3.05) is 0 Å². The number of carboxylic acid groups (broad SMARTS) is 1. The highest BCUT2D eigenvalue weighted by atomic mass is 19.4. The van der Waals surface area contributed by atoms with Crippen molar-refractivity contribution in [3.63, 3.8) is 0 Å². The highest BCUT2D eigenvalue weighted by Crippen LogP contribution is 2.29. The molecule has 1 amide bonds. The number of aliphatic hydroxyl groups is 1. The Morgan fingerprint density at radius 1 is 1.32 bits per heavy atom. The van der Waals surface area contributed by atoms with Crippen LogP contribution in [0.4, 0.5) is 18.0 Å². The molecule has 0 aliphatic heterocycles. The third kappa shape index (κ3) is 4.78. The molecule has 0 aliphatic rings. The van der Waals surface area contributed by atoms with Gasteiger partial charge in [0, 0.05) is 0 Å². The summed E-state index contributed by atoms with van der Waals surface area (Å²) in [5.41, 5.74) is -0.260. The normalized spacial score (nSPS) is 14.8.